The highest BCUT2D eigenvalue weighted by Gasteiger charge is 2.13. The van der Waals surface area contributed by atoms with Crippen LogP contribution in [0.2, 0.25) is 0 Å². The highest BCUT2D eigenvalue weighted by atomic mass is 16.5. The number of carbonyl (C=O) groups excluding carboxylic acids is 1. The lowest BCUT2D eigenvalue weighted by molar-refractivity contribution is -0.136. The third-order valence-electron chi connectivity index (χ3n) is 2.93. The van der Waals surface area contributed by atoms with E-state index in [4.69, 9.17) is 4.74 Å². The van der Waals surface area contributed by atoms with Gasteiger partial charge in [0.1, 0.15) is 6.61 Å². The number of hydrogen-bond acceptors (Lipinski definition) is 4. The van der Waals surface area contributed by atoms with Crippen molar-refractivity contribution in [2.24, 2.45) is 0 Å². The van der Waals surface area contributed by atoms with Gasteiger partial charge in [-0.3, -0.25) is 9.69 Å². The first-order valence-corrected chi connectivity index (χ1v) is 6.38. The Hall–Kier alpha value is -0.650. The van der Waals surface area contributed by atoms with E-state index in [1.54, 1.807) is 4.90 Å². The number of amides is 1. The highest BCUT2D eigenvalue weighted by molar-refractivity contribution is 5.77. The molecule has 1 rings (SSSR count). The van der Waals surface area contributed by atoms with Crippen LogP contribution in [0.5, 0.6) is 0 Å². The van der Waals surface area contributed by atoms with Crippen molar-refractivity contribution >= 4 is 5.91 Å². The number of ether oxygens (including phenoxy) is 1. The Morgan fingerprint density at radius 1 is 1.41 bits per heavy atom. The molecule has 0 aromatic heterocycles. The minimum Gasteiger partial charge on any atom is -0.369 e. The normalized spacial score (nSPS) is 17.4. The molecule has 1 aliphatic heterocycles. The number of carbonyl (C=O) groups is 1. The minimum absolute atomic E-state index is 0.0637. The summed E-state index contributed by atoms with van der Waals surface area (Å²) in [7, 11) is 1.84. The SMILES string of the molecule is CC(C)OCC(=O)N(C)CCN1CCNCC1. The maximum Gasteiger partial charge on any atom is 0.248 e. The Morgan fingerprint density at radius 3 is 2.65 bits per heavy atom. The van der Waals surface area contributed by atoms with Gasteiger partial charge in [0, 0.05) is 46.3 Å². The molecule has 1 saturated heterocycles. The molecule has 100 valence electrons. The van der Waals surface area contributed by atoms with Crippen molar-refractivity contribution in [2.45, 2.75) is 20.0 Å². The molecule has 0 spiro atoms. The van der Waals surface area contributed by atoms with E-state index in [1.165, 1.54) is 0 Å². The number of hydrogen-bond donors (Lipinski definition) is 1. The van der Waals surface area contributed by atoms with Crippen LogP contribution in [0.25, 0.3) is 0 Å². The summed E-state index contributed by atoms with van der Waals surface area (Å²) >= 11 is 0. The first kappa shape index (κ1) is 14.4. The van der Waals surface area contributed by atoms with Crippen molar-refractivity contribution < 1.29 is 9.53 Å². The van der Waals surface area contributed by atoms with E-state index in [2.05, 4.69) is 10.2 Å². The summed E-state index contributed by atoms with van der Waals surface area (Å²) < 4.78 is 5.30. The molecule has 1 amide bonds. The third kappa shape index (κ3) is 6.00. The van der Waals surface area contributed by atoms with Gasteiger partial charge in [0.05, 0.1) is 6.10 Å². The van der Waals surface area contributed by atoms with E-state index < -0.39 is 0 Å². The minimum atomic E-state index is 0.0637. The zero-order chi connectivity index (χ0) is 12.7. The summed E-state index contributed by atoms with van der Waals surface area (Å²) in [5.74, 6) is 0.0637. The first-order chi connectivity index (χ1) is 8.09. The van der Waals surface area contributed by atoms with Gasteiger partial charge in [-0.1, -0.05) is 0 Å². The summed E-state index contributed by atoms with van der Waals surface area (Å²) in [6.45, 7) is 10.0. The Bertz CT molecular complexity index is 228. The molecule has 0 aromatic carbocycles. The molecule has 0 bridgehead atoms. The van der Waals surface area contributed by atoms with Crippen LogP contribution in [0.4, 0.5) is 0 Å². The smallest absolute Gasteiger partial charge is 0.248 e. The van der Waals surface area contributed by atoms with Crippen molar-refractivity contribution in [3.8, 4) is 0 Å². The average Bonchev–Trinajstić information content (AvgIpc) is 2.34. The van der Waals surface area contributed by atoms with E-state index in [1.807, 2.05) is 20.9 Å². The van der Waals surface area contributed by atoms with Crippen molar-refractivity contribution in [1.82, 2.24) is 15.1 Å². The number of nitrogens with one attached hydrogen (secondary N) is 1. The maximum absolute atomic E-state index is 11.7. The van der Waals surface area contributed by atoms with Crippen molar-refractivity contribution in [1.29, 1.82) is 0 Å². The monoisotopic (exact) mass is 243 g/mol. The predicted molar refractivity (Wildman–Crippen MR) is 68.0 cm³/mol. The maximum atomic E-state index is 11.7. The van der Waals surface area contributed by atoms with Gasteiger partial charge in [-0.25, -0.2) is 0 Å². The molecule has 0 saturated carbocycles. The molecule has 0 atom stereocenters. The Kier molecular flexibility index (Phi) is 6.47. The van der Waals surface area contributed by atoms with E-state index in [0.29, 0.717) is 0 Å². The summed E-state index contributed by atoms with van der Waals surface area (Å²) in [5.41, 5.74) is 0. The van der Waals surface area contributed by atoms with Crippen molar-refractivity contribution in [3.63, 3.8) is 0 Å². The van der Waals surface area contributed by atoms with Crippen LogP contribution in [0, 0.1) is 0 Å². The largest absolute Gasteiger partial charge is 0.369 e. The molecule has 0 aliphatic carbocycles. The lowest BCUT2D eigenvalue weighted by Crippen LogP contribution is -2.46. The number of piperazine rings is 1. The van der Waals surface area contributed by atoms with Crippen LogP contribution in [-0.4, -0.2) is 74.7 Å². The van der Waals surface area contributed by atoms with Crippen LogP contribution < -0.4 is 5.32 Å². The summed E-state index contributed by atoms with van der Waals surface area (Å²) in [5, 5.41) is 3.32. The second-order valence-electron chi connectivity index (χ2n) is 4.77. The molecule has 1 aliphatic rings. The summed E-state index contributed by atoms with van der Waals surface area (Å²) in [4.78, 5) is 15.8. The van der Waals surface area contributed by atoms with E-state index in [9.17, 15) is 4.79 Å². The molecule has 0 aromatic rings. The molecule has 1 N–H and O–H groups in total. The fraction of sp³-hybridized carbons (Fsp3) is 0.917. The zero-order valence-electron chi connectivity index (χ0n) is 11.2. The fourth-order valence-corrected chi connectivity index (χ4v) is 1.70. The average molecular weight is 243 g/mol. The molecular weight excluding hydrogens is 218 g/mol. The lowest BCUT2D eigenvalue weighted by Gasteiger charge is -2.29. The van der Waals surface area contributed by atoms with Crippen molar-refractivity contribution in [2.75, 3.05) is 52.9 Å². The molecule has 1 fully saturated rings. The third-order valence-corrected chi connectivity index (χ3v) is 2.93. The molecule has 1 heterocycles. The summed E-state index contributed by atoms with van der Waals surface area (Å²) in [6, 6.07) is 0. The van der Waals surface area contributed by atoms with E-state index in [0.717, 1.165) is 39.3 Å². The van der Waals surface area contributed by atoms with Crippen molar-refractivity contribution in [3.05, 3.63) is 0 Å². The van der Waals surface area contributed by atoms with Gasteiger partial charge >= 0.3 is 0 Å². The quantitative estimate of drug-likeness (QED) is 0.700. The summed E-state index contributed by atoms with van der Waals surface area (Å²) in [6.07, 6.45) is 0.112. The van der Waals surface area contributed by atoms with Gasteiger partial charge in [-0.15, -0.1) is 0 Å². The van der Waals surface area contributed by atoms with Gasteiger partial charge in [0.15, 0.2) is 0 Å². The molecule has 0 radical (unpaired) electrons. The predicted octanol–water partition coefficient (Wildman–Crippen LogP) is -0.225. The standard InChI is InChI=1S/C12H25N3O2/c1-11(2)17-10-12(16)14(3)8-9-15-6-4-13-5-7-15/h11,13H,4-10H2,1-3H3. The molecular formula is C12H25N3O2. The molecule has 5 nitrogen and oxygen atoms in total. The van der Waals surface area contributed by atoms with E-state index in [-0.39, 0.29) is 18.6 Å². The number of rotatable bonds is 6. The Labute approximate surface area is 104 Å². The molecule has 17 heavy (non-hydrogen) atoms. The Balaban J connectivity index is 2.14. The van der Waals surface area contributed by atoms with Crippen LogP contribution >= 0.6 is 0 Å². The second kappa shape index (κ2) is 7.63. The number of nitrogens with zero attached hydrogens (tertiary/aromatic N) is 2. The molecule has 5 heteroatoms. The van der Waals surface area contributed by atoms with E-state index >= 15 is 0 Å². The topological polar surface area (TPSA) is 44.8 Å². The van der Waals surface area contributed by atoms with Crippen LogP contribution in [0.15, 0.2) is 0 Å². The first-order valence-electron chi connectivity index (χ1n) is 6.38. The van der Waals surface area contributed by atoms with Crippen LogP contribution in [0.3, 0.4) is 0 Å². The Morgan fingerprint density at radius 2 is 2.06 bits per heavy atom. The second-order valence-corrected chi connectivity index (χ2v) is 4.77. The number of likely N-dealkylation sites (N-methyl/N-ethyl adjacent to an activating group) is 1. The fourth-order valence-electron chi connectivity index (χ4n) is 1.70. The van der Waals surface area contributed by atoms with Crippen LogP contribution in [0.1, 0.15) is 13.8 Å². The van der Waals surface area contributed by atoms with Gasteiger partial charge in [-0.05, 0) is 13.8 Å². The molecule has 0 unspecified atom stereocenters. The lowest BCUT2D eigenvalue weighted by atomic mass is 10.3. The highest BCUT2D eigenvalue weighted by Crippen LogP contribution is 1.95. The van der Waals surface area contributed by atoms with Gasteiger partial charge in [0.25, 0.3) is 0 Å². The van der Waals surface area contributed by atoms with Gasteiger partial charge in [-0.2, -0.15) is 0 Å². The van der Waals surface area contributed by atoms with Crippen LogP contribution in [-0.2, 0) is 9.53 Å². The zero-order valence-corrected chi connectivity index (χ0v) is 11.2. The van der Waals surface area contributed by atoms with Gasteiger partial charge in [0.2, 0.25) is 5.91 Å². The van der Waals surface area contributed by atoms with Gasteiger partial charge < -0.3 is 15.0 Å².